The molecular formula is C24H32BNO4. The minimum atomic E-state index is -0.346. The molecule has 2 aliphatic rings. The summed E-state index contributed by atoms with van der Waals surface area (Å²) in [7, 11) is -0.346. The van der Waals surface area contributed by atoms with E-state index in [0.29, 0.717) is 19.8 Å². The summed E-state index contributed by atoms with van der Waals surface area (Å²) in [5.74, 6) is 0. The van der Waals surface area contributed by atoms with Gasteiger partial charge in [0.2, 0.25) is 0 Å². The van der Waals surface area contributed by atoms with Gasteiger partial charge in [0.25, 0.3) is 0 Å². The predicted molar refractivity (Wildman–Crippen MR) is 120 cm³/mol. The van der Waals surface area contributed by atoms with Crippen LogP contribution in [-0.2, 0) is 25.4 Å². The van der Waals surface area contributed by atoms with Crippen LogP contribution in [0.4, 0.5) is 5.69 Å². The number of nitrogens with zero attached hydrogens (tertiary/aromatic N) is 1. The Morgan fingerprint density at radius 1 is 1.00 bits per heavy atom. The summed E-state index contributed by atoms with van der Waals surface area (Å²) in [6.07, 6.45) is 0.0583. The maximum atomic E-state index is 6.22. The second-order valence-electron chi connectivity index (χ2n) is 9.12. The Hall–Kier alpha value is -1.86. The molecule has 2 fully saturated rings. The molecule has 6 heteroatoms. The lowest BCUT2D eigenvalue weighted by Crippen LogP contribution is -2.45. The first-order chi connectivity index (χ1) is 14.3. The molecule has 0 aromatic heterocycles. The van der Waals surface area contributed by atoms with Gasteiger partial charge in [0, 0.05) is 18.8 Å². The average molecular weight is 409 g/mol. The van der Waals surface area contributed by atoms with E-state index in [0.717, 1.165) is 18.6 Å². The molecule has 0 N–H and O–H groups in total. The molecule has 2 aliphatic heterocycles. The third-order valence-electron chi connectivity index (χ3n) is 6.31. The Labute approximate surface area is 180 Å². The van der Waals surface area contributed by atoms with Crippen molar-refractivity contribution < 1.29 is 18.8 Å². The molecule has 5 nitrogen and oxygen atoms in total. The van der Waals surface area contributed by atoms with Gasteiger partial charge < -0.3 is 23.7 Å². The number of benzene rings is 2. The van der Waals surface area contributed by atoms with Gasteiger partial charge in [0.05, 0.1) is 37.1 Å². The van der Waals surface area contributed by atoms with Crippen molar-refractivity contribution in [3.63, 3.8) is 0 Å². The van der Waals surface area contributed by atoms with Crippen LogP contribution < -0.4 is 10.4 Å². The minimum absolute atomic E-state index is 0.0583. The maximum absolute atomic E-state index is 6.22. The number of hydrogen-bond donors (Lipinski definition) is 0. The zero-order valence-corrected chi connectivity index (χ0v) is 18.5. The molecule has 2 aromatic carbocycles. The first-order valence-electron chi connectivity index (χ1n) is 10.8. The van der Waals surface area contributed by atoms with Crippen LogP contribution in [0.15, 0.2) is 54.6 Å². The Bertz CT molecular complexity index is 826. The molecule has 0 bridgehead atoms. The molecule has 4 rings (SSSR count). The van der Waals surface area contributed by atoms with Crippen LogP contribution in [0.25, 0.3) is 0 Å². The summed E-state index contributed by atoms with van der Waals surface area (Å²) >= 11 is 0. The molecule has 2 aromatic rings. The van der Waals surface area contributed by atoms with Gasteiger partial charge >= 0.3 is 7.12 Å². The van der Waals surface area contributed by atoms with Crippen molar-refractivity contribution in [2.45, 2.75) is 51.6 Å². The minimum Gasteiger partial charge on any atom is -0.399 e. The lowest BCUT2D eigenvalue weighted by Gasteiger charge is -2.34. The first-order valence-corrected chi connectivity index (χ1v) is 10.8. The van der Waals surface area contributed by atoms with Crippen molar-refractivity contribution >= 4 is 18.3 Å². The lowest BCUT2D eigenvalue weighted by atomic mass is 9.79. The zero-order chi connectivity index (χ0) is 21.2. The van der Waals surface area contributed by atoms with E-state index in [9.17, 15) is 0 Å². The number of rotatable bonds is 6. The number of anilines is 1. The van der Waals surface area contributed by atoms with Crippen molar-refractivity contribution in [1.29, 1.82) is 0 Å². The molecular weight excluding hydrogens is 377 g/mol. The van der Waals surface area contributed by atoms with Crippen LogP contribution in [0.5, 0.6) is 0 Å². The molecule has 0 amide bonds. The fourth-order valence-corrected chi connectivity index (χ4v) is 3.78. The van der Waals surface area contributed by atoms with E-state index in [4.69, 9.17) is 18.8 Å². The molecule has 0 spiro atoms. The van der Waals surface area contributed by atoms with Crippen LogP contribution in [0.1, 0.15) is 33.3 Å². The van der Waals surface area contributed by atoms with Gasteiger partial charge in [0.15, 0.2) is 0 Å². The number of hydrogen-bond acceptors (Lipinski definition) is 5. The summed E-state index contributed by atoms with van der Waals surface area (Å²) in [6, 6.07) is 18.7. The Morgan fingerprint density at radius 2 is 1.73 bits per heavy atom. The van der Waals surface area contributed by atoms with Crippen LogP contribution in [0.3, 0.4) is 0 Å². The van der Waals surface area contributed by atoms with Crippen molar-refractivity contribution in [2.75, 3.05) is 31.2 Å². The van der Waals surface area contributed by atoms with Gasteiger partial charge in [-0.05, 0) is 50.9 Å². The molecule has 1 atom stereocenters. The zero-order valence-electron chi connectivity index (χ0n) is 18.5. The van der Waals surface area contributed by atoms with E-state index < -0.39 is 0 Å². The van der Waals surface area contributed by atoms with Crippen molar-refractivity contribution in [2.24, 2.45) is 0 Å². The van der Waals surface area contributed by atoms with Gasteiger partial charge in [-0.2, -0.15) is 0 Å². The lowest BCUT2D eigenvalue weighted by molar-refractivity contribution is -0.0283. The van der Waals surface area contributed by atoms with E-state index in [1.165, 1.54) is 11.3 Å². The van der Waals surface area contributed by atoms with Crippen molar-refractivity contribution in [3.05, 3.63) is 60.2 Å². The highest BCUT2D eigenvalue weighted by Crippen LogP contribution is 2.36. The van der Waals surface area contributed by atoms with Crippen LogP contribution in [0.2, 0.25) is 0 Å². The molecule has 0 unspecified atom stereocenters. The second-order valence-corrected chi connectivity index (χ2v) is 9.12. The molecule has 2 saturated heterocycles. The van der Waals surface area contributed by atoms with E-state index >= 15 is 0 Å². The predicted octanol–water partition coefficient (Wildman–Crippen LogP) is 3.41. The smallest absolute Gasteiger partial charge is 0.399 e. The van der Waals surface area contributed by atoms with Gasteiger partial charge in [-0.3, -0.25) is 0 Å². The van der Waals surface area contributed by atoms with Crippen LogP contribution >= 0.6 is 0 Å². The molecule has 0 aliphatic carbocycles. The topological polar surface area (TPSA) is 40.2 Å². The van der Waals surface area contributed by atoms with E-state index in [1.807, 2.05) is 18.2 Å². The SMILES string of the molecule is CC1(C)OB(c2cccc(N3CCO[C@@H](COCc4ccccc4)C3)c2)OC1(C)C. The summed E-state index contributed by atoms with van der Waals surface area (Å²) in [6.45, 7) is 11.9. The highest BCUT2D eigenvalue weighted by Gasteiger charge is 2.51. The van der Waals surface area contributed by atoms with E-state index in [-0.39, 0.29) is 24.4 Å². The molecule has 0 saturated carbocycles. The molecule has 2 heterocycles. The van der Waals surface area contributed by atoms with Crippen molar-refractivity contribution in [1.82, 2.24) is 0 Å². The first kappa shape index (κ1) is 21.4. The highest BCUT2D eigenvalue weighted by atomic mass is 16.7. The maximum Gasteiger partial charge on any atom is 0.494 e. The average Bonchev–Trinajstić information content (AvgIpc) is 2.96. The Kier molecular flexibility index (Phi) is 6.21. The van der Waals surface area contributed by atoms with E-state index in [2.05, 4.69) is 69.0 Å². The van der Waals surface area contributed by atoms with Gasteiger partial charge in [-0.15, -0.1) is 0 Å². The fourth-order valence-electron chi connectivity index (χ4n) is 3.78. The van der Waals surface area contributed by atoms with Gasteiger partial charge in [0.1, 0.15) is 0 Å². The largest absolute Gasteiger partial charge is 0.494 e. The molecule has 0 radical (unpaired) electrons. The standard InChI is InChI=1S/C24H32BNO4/c1-23(2)24(3,4)30-25(29-23)20-11-8-12-21(15-20)26-13-14-28-22(16-26)18-27-17-19-9-6-5-7-10-19/h5-12,15,22H,13-14,16-18H2,1-4H3/t22-/m1/s1. The highest BCUT2D eigenvalue weighted by molar-refractivity contribution is 6.62. The quantitative estimate of drug-likeness (QED) is 0.684. The number of ether oxygens (including phenoxy) is 2. The molecule has 160 valence electrons. The van der Waals surface area contributed by atoms with Crippen LogP contribution in [-0.4, -0.2) is 50.7 Å². The second kappa shape index (κ2) is 8.71. The van der Waals surface area contributed by atoms with Crippen molar-refractivity contribution in [3.8, 4) is 0 Å². The summed E-state index contributed by atoms with van der Waals surface area (Å²) < 4.78 is 24.3. The number of morpholine rings is 1. The summed E-state index contributed by atoms with van der Waals surface area (Å²) in [5.41, 5.74) is 2.72. The fraction of sp³-hybridized carbons (Fsp3) is 0.500. The monoisotopic (exact) mass is 409 g/mol. The van der Waals surface area contributed by atoms with Gasteiger partial charge in [-0.25, -0.2) is 0 Å². The third kappa shape index (κ3) is 4.73. The van der Waals surface area contributed by atoms with E-state index in [1.54, 1.807) is 0 Å². The third-order valence-corrected chi connectivity index (χ3v) is 6.31. The molecule has 30 heavy (non-hydrogen) atoms. The summed E-state index contributed by atoms with van der Waals surface area (Å²) in [5, 5.41) is 0. The summed E-state index contributed by atoms with van der Waals surface area (Å²) in [4.78, 5) is 2.36. The Morgan fingerprint density at radius 3 is 2.47 bits per heavy atom. The van der Waals surface area contributed by atoms with Gasteiger partial charge in [-0.1, -0.05) is 42.5 Å². The normalized spacial score (nSPS) is 23.0. The van der Waals surface area contributed by atoms with Crippen LogP contribution in [0, 0.1) is 0 Å². The Balaban J connectivity index is 1.36.